The number of alkyl halides is 3. The van der Waals surface area contributed by atoms with Crippen molar-refractivity contribution in [3.63, 3.8) is 0 Å². The number of amides is 1. The monoisotopic (exact) mass is 431 g/mol. The van der Waals surface area contributed by atoms with Gasteiger partial charge in [0.1, 0.15) is 5.82 Å². The van der Waals surface area contributed by atoms with Crippen LogP contribution in [0.25, 0.3) is 0 Å². The molecule has 4 heterocycles. The van der Waals surface area contributed by atoms with Gasteiger partial charge in [-0.3, -0.25) is 14.5 Å². The molecule has 0 spiro atoms. The normalized spacial score (nSPS) is 13.7. The summed E-state index contributed by atoms with van der Waals surface area (Å²) >= 11 is 0. The van der Waals surface area contributed by atoms with Crippen molar-refractivity contribution < 1.29 is 18.0 Å². The van der Waals surface area contributed by atoms with Gasteiger partial charge in [0.05, 0.1) is 47.6 Å². The Hall–Kier alpha value is -3.63. The number of hydrogen-bond acceptors (Lipinski definition) is 6. The second-order valence-corrected chi connectivity index (χ2v) is 7.29. The van der Waals surface area contributed by atoms with Crippen LogP contribution in [0.15, 0.2) is 36.8 Å². The molecule has 3 aromatic rings. The molecule has 162 valence electrons. The third-order valence-corrected chi connectivity index (χ3v) is 4.90. The Labute approximate surface area is 176 Å². The maximum absolute atomic E-state index is 13.2. The predicted molar refractivity (Wildman–Crippen MR) is 109 cm³/mol. The summed E-state index contributed by atoms with van der Waals surface area (Å²) in [5, 5.41) is 10.2. The summed E-state index contributed by atoms with van der Waals surface area (Å²) in [6.45, 7) is 2.37. The number of nitrogens with zero attached hydrogens (tertiary/aromatic N) is 5. The molecule has 8 nitrogen and oxygen atoms in total. The number of likely N-dealkylation sites (N-methyl/N-ethyl adjacent to an activating group) is 1. The van der Waals surface area contributed by atoms with E-state index in [0.717, 1.165) is 17.3 Å². The summed E-state index contributed by atoms with van der Waals surface area (Å²) < 4.78 is 40.9. The number of aromatic nitrogens is 4. The average Bonchev–Trinajstić information content (AvgIpc) is 3.14. The van der Waals surface area contributed by atoms with E-state index in [1.165, 1.54) is 16.9 Å². The Morgan fingerprint density at radius 2 is 2.13 bits per heavy atom. The van der Waals surface area contributed by atoms with E-state index in [1.807, 2.05) is 24.9 Å². The topological polar surface area (TPSA) is 88.0 Å². The van der Waals surface area contributed by atoms with Crippen LogP contribution in [0.3, 0.4) is 0 Å². The summed E-state index contributed by atoms with van der Waals surface area (Å²) in [6, 6.07) is 4.12. The Morgan fingerprint density at radius 3 is 2.90 bits per heavy atom. The van der Waals surface area contributed by atoms with Crippen LogP contribution in [-0.2, 0) is 24.1 Å². The van der Waals surface area contributed by atoms with Gasteiger partial charge in [-0.25, -0.2) is 4.98 Å². The number of nitrogens with one attached hydrogen (secondary N) is 2. The van der Waals surface area contributed by atoms with Gasteiger partial charge in [0.25, 0.3) is 0 Å². The highest BCUT2D eigenvalue weighted by Crippen LogP contribution is 2.33. The predicted octanol–water partition coefficient (Wildman–Crippen LogP) is 3.05. The number of halogens is 3. The van der Waals surface area contributed by atoms with Crippen molar-refractivity contribution in [2.75, 3.05) is 29.1 Å². The van der Waals surface area contributed by atoms with E-state index in [-0.39, 0.29) is 24.7 Å². The highest BCUT2D eigenvalue weighted by molar-refractivity contribution is 6.02. The first-order valence-electron chi connectivity index (χ1n) is 9.49. The smallest absolute Gasteiger partial charge is 0.366 e. The molecule has 1 aliphatic rings. The number of hydrogen-bond donors (Lipinski definition) is 2. The Kier molecular flexibility index (Phi) is 5.25. The van der Waals surface area contributed by atoms with E-state index >= 15 is 0 Å². The molecular formula is C20H20F3N7O. The zero-order valence-electron chi connectivity index (χ0n) is 16.9. The summed E-state index contributed by atoms with van der Waals surface area (Å²) in [5.41, 5.74) is 2.16. The van der Waals surface area contributed by atoms with E-state index < -0.39 is 11.7 Å². The second-order valence-electron chi connectivity index (χ2n) is 7.29. The highest BCUT2D eigenvalue weighted by atomic mass is 19.4. The zero-order valence-corrected chi connectivity index (χ0v) is 16.9. The van der Waals surface area contributed by atoms with E-state index in [9.17, 15) is 18.0 Å². The third-order valence-electron chi connectivity index (χ3n) is 4.90. The summed E-state index contributed by atoms with van der Waals surface area (Å²) in [6.07, 6.45) is 0.115. The molecule has 0 aliphatic carbocycles. The van der Waals surface area contributed by atoms with E-state index in [1.54, 1.807) is 12.4 Å². The quantitative estimate of drug-likeness (QED) is 0.646. The van der Waals surface area contributed by atoms with Gasteiger partial charge >= 0.3 is 6.18 Å². The number of carbonyl (C=O) groups is 1. The van der Waals surface area contributed by atoms with Gasteiger partial charge < -0.3 is 15.5 Å². The van der Waals surface area contributed by atoms with Crippen molar-refractivity contribution in [2.45, 2.75) is 26.2 Å². The molecule has 11 heteroatoms. The lowest BCUT2D eigenvalue weighted by molar-refractivity contribution is -0.138. The minimum absolute atomic E-state index is 0.0869. The van der Waals surface area contributed by atoms with Crippen LogP contribution in [0, 0.1) is 6.92 Å². The number of fused-ring (bicyclic) bond motifs is 1. The molecule has 0 atom stereocenters. The van der Waals surface area contributed by atoms with Crippen molar-refractivity contribution in [3.8, 4) is 0 Å². The van der Waals surface area contributed by atoms with Crippen molar-refractivity contribution in [2.24, 2.45) is 0 Å². The fraction of sp³-hybridized carbons (Fsp3) is 0.300. The highest BCUT2D eigenvalue weighted by Gasteiger charge is 2.33. The number of aryl methyl sites for hydroxylation is 1. The van der Waals surface area contributed by atoms with Crippen LogP contribution in [0.1, 0.15) is 22.5 Å². The van der Waals surface area contributed by atoms with Gasteiger partial charge in [0.2, 0.25) is 5.91 Å². The molecule has 1 aliphatic heterocycles. The molecule has 4 rings (SSSR count). The first-order valence-corrected chi connectivity index (χ1v) is 9.49. The summed E-state index contributed by atoms with van der Waals surface area (Å²) in [7, 11) is 1.83. The van der Waals surface area contributed by atoms with Crippen LogP contribution in [-0.4, -0.2) is 39.2 Å². The van der Waals surface area contributed by atoms with Crippen LogP contribution >= 0.6 is 0 Å². The standard InChI is InChI=1S/C20H20F3N7O/c1-12-19-16(29(2)11-18(31)28-19)6-17(27-12)25-7-13-8-26-30(9-13)10-15-14(20(21,22)23)4-3-5-24-15/h3-6,8-9H,7,10-11H2,1-2H3,(H,25,27)(H,28,31). The molecule has 0 saturated carbocycles. The van der Waals surface area contributed by atoms with Crippen LogP contribution < -0.4 is 15.5 Å². The Bertz CT molecular complexity index is 1130. The van der Waals surface area contributed by atoms with Crippen LogP contribution in [0.2, 0.25) is 0 Å². The van der Waals surface area contributed by atoms with Crippen molar-refractivity contribution in [1.82, 2.24) is 19.7 Å². The molecule has 0 radical (unpaired) electrons. The maximum Gasteiger partial charge on any atom is 0.418 e. The van der Waals surface area contributed by atoms with Crippen LogP contribution in [0.4, 0.5) is 30.4 Å². The number of rotatable bonds is 5. The summed E-state index contributed by atoms with van der Waals surface area (Å²) in [4.78, 5) is 21.9. The van der Waals surface area contributed by atoms with Crippen LogP contribution in [0.5, 0.6) is 0 Å². The minimum atomic E-state index is -4.47. The number of carbonyl (C=O) groups excluding carboxylic acids is 1. The molecule has 0 saturated heterocycles. The molecule has 0 unspecified atom stereocenters. The van der Waals surface area contributed by atoms with E-state index in [0.29, 0.717) is 23.7 Å². The average molecular weight is 431 g/mol. The van der Waals surface area contributed by atoms with Gasteiger partial charge in [-0.15, -0.1) is 0 Å². The second kappa shape index (κ2) is 7.89. The third kappa shape index (κ3) is 4.44. The lowest BCUT2D eigenvalue weighted by Gasteiger charge is -2.28. The molecule has 0 fully saturated rings. The van der Waals surface area contributed by atoms with Gasteiger partial charge in [-0.1, -0.05) is 0 Å². The summed E-state index contributed by atoms with van der Waals surface area (Å²) in [5.74, 6) is 0.533. The molecule has 1 amide bonds. The fourth-order valence-electron chi connectivity index (χ4n) is 3.43. The zero-order chi connectivity index (χ0) is 22.2. The van der Waals surface area contributed by atoms with Gasteiger partial charge in [-0.05, 0) is 19.1 Å². The number of anilines is 3. The largest absolute Gasteiger partial charge is 0.418 e. The SMILES string of the molecule is Cc1nc(NCc2cnn(Cc3ncccc3C(F)(F)F)c2)cc2c1NC(=O)CN2C. The fourth-order valence-corrected chi connectivity index (χ4v) is 3.43. The lowest BCUT2D eigenvalue weighted by Crippen LogP contribution is -2.36. The van der Waals surface area contributed by atoms with Crippen molar-refractivity contribution in [3.05, 3.63) is 59.3 Å². The molecule has 0 aromatic carbocycles. The first kappa shape index (κ1) is 20.6. The van der Waals surface area contributed by atoms with E-state index in [4.69, 9.17) is 0 Å². The van der Waals surface area contributed by atoms with E-state index in [2.05, 4.69) is 25.7 Å². The van der Waals surface area contributed by atoms with Gasteiger partial charge in [-0.2, -0.15) is 18.3 Å². The molecular weight excluding hydrogens is 411 g/mol. The minimum Gasteiger partial charge on any atom is -0.366 e. The van der Waals surface area contributed by atoms with Crippen molar-refractivity contribution in [1.29, 1.82) is 0 Å². The maximum atomic E-state index is 13.2. The molecule has 0 bridgehead atoms. The Balaban J connectivity index is 1.46. The van der Waals surface area contributed by atoms with Gasteiger partial charge in [0.15, 0.2) is 0 Å². The molecule has 3 aromatic heterocycles. The molecule has 31 heavy (non-hydrogen) atoms. The number of pyridine rings is 2. The Morgan fingerprint density at radius 1 is 1.32 bits per heavy atom. The first-order chi connectivity index (χ1) is 14.7. The molecule has 2 N–H and O–H groups in total. The van der Waals surface area contributed by atoms with Crippen molar-refractivity contribution >= 4 is 23.1 Å². The van der Waals surface area contributed by atoms with Gasteiger partial charge in [0, 0.05) is 37.6 Å². The lowest BCUT2D eigenvalue weighted by atomic mass is 10.2.